The van der Waals surface area contributed by atoms with Crippen LogP contribution in [0, 0.1) is 5.92 Å². The van der Waals surface area contributed by atoms with Gasteiger partial charge in [-0.2, -0.15) is 0 Å². The fraction of sp³-hybridized carbons (Fsp3) is 0.281. The lowest BCUT2D eigenvalue weighted by atomic mass is 9.88. The Morgan fingerprint density at radius 1 is 0.868 bits per heavy atom. The van der Waals surface area contributed by atoms with Gasteiger partial charge in [0.25, 0.3) is 0 Å². The van der Waals surface area contributed by atoms with Crippen LogP contribution in [0.15, 0.2) is 97.1 Å². The van der Waals surface area contributed by atoms with Crippen LogP contribution in [0.1, 0.15) is 36.3 Å². The van der Waals surface area contributed by atoms with Gasteiger partial charge in [0.2, 0.25) is 5.91 Å². The highest BCUT2D eigenvalue weighted by atomic mass is 16.5. The third-order valence-electron chi connectivity index (χ3n) is 7.36. The molecule has 1 aliphatic heterocycles. The maximum Gasteiger partial charge on any atom is 0.223 e. The predicted molar refractivity (Wildman–Crippen MR) is 151 cm³/mol. The smallest absolute Gasteiger partial charge is 0.223 e. The molecule has 0 bridgehead atoms. The van der Waals surface area contributed by atoms with E-state index < -0.39 is 0 Å². The molecule has 1 aliphatic rings. The Balaban J connectivity index is 1.13. The molecule has 6 heteroatoms. The number of anilines is 1. The molecule has 1 amide bonds. The standard InChI is InChI=1S/C32H34N4O2/c1-38-30-15-9-8-14-28(30)29-16-17-31(35-34-29)36-22-19-26(20-23-36)32(37)33-21-18-27(24-10-4-2-5-11-24)25-12-6-3-7-13-25/h2-17,26-27H,18-23H2,1H3,(H,33,37). The summed E-state index contributed by atoms with van der Waals surface area (Å²) in [7, 11) is 1.66. The average molecular weight is 507 g/mol. The normalized spacial score (nSPS) is 13.9. The third kappa shape index (κ3) is 6.02. The molecule has 1 fully saturated rings. The van der Waals surface area contributed by atoms with Crippen LogP contribution in [0.4, 0.5) is 5.82 Å². The van der Waals surface area contributed by atoms with E-state index in [2.05, 4.69) is 68.9 Å². The number of ether oxygens (including phenoxy) is 1. The molecule has 1 N–H and O–H groups in total. The highest BCUT2D eigenvalue weighted by molar-refractivity contribution is 5.79. The van der Waals surface area contributed by atoms with E-state index >= 15 is 0 Å². The molecule has 3 aromatic carbocycles. The van der Waals surface area contributed by atoms with Gasteiger partial charge in [-0.15, -0.1) is 10.2 Å². The van der Waals surface area contributed by atoms with E-state index in [4.69, 9.17) is 4.74 Å². The van der Waals surface area contributed by atoms with Crippen LogP contribution in [0.3, 0.4) is 0 Å². The molecule has 1 saturated heterocycles. The molecule has 0 spiro atoms. The van der Waals surface area contributed by atoms with Gasteiger partial charge in [0, 0.05) is 37.0 Å². The van der Waals surface area contributed by atoms with Gasteiger partial charge in [0.05, 0.1) is 12.8 Å². The van der Waals surface area contributed by atoms with Crippen LogP contribution in [0.2, 0.25) is 0 Å². The van der Waals surface area contributed by atoms with Crippen molar-refractivity contribution in [3.05, 3.63) is 108 Å². The van der Waals surface area contributed by atoms with E-state index in [9.17, 15) is 4.79 Å². The van der Waals surface area contributed by atoms with E-state index in [1.54, 1.807) is 7.11 Å². The second-order valence-corrected chi connectivity index (χ2v) is 9.69. The summed E-state index contributed by atoms with van der Waals surface area (Å²) in [6, 6.07) is 32.9. The average Bonchev–Trinajstić information content (AvgIpc) is 3.00. The summed E-state index contributed by atoms with van der Waals surface area (Å²) < 4.78 is 5.45. The fourth-order valence-electron chi connectivity index (χ4n) is 5.25. The van der Waals surface area contributed by atoms with Gasteiger partial charge in [0.1, 0.15) is 5.75 Å². The molecule has 0 aliphatic carbocycles. The SMILES string of the molecule is COc1ccccc1-c1ccc(N2CCC(C(=O)NCCC(c3ccccc3)c3ccccc3)CC2)nn1. The quantitative estimate of drug-likeness (QED) is 0.315. The van der Waals surface area contributed by atoms with Crippen molar-refractivity contribution in [1.82, 2.24) is 15.5 Å². The van der Waals surface area contributed by atoms with Crippen LogP contribution in [0.5, 0.6) is 5.75 Å². The first-order chi connectivity index (χ1) is 18.7. The molecule has 2 heterocycles. The monoisotopic (exact) mass is 506 g/mol. The van der Waals surface area contributed by atoms with Gasteiger partial charge in [-0.05, 0) is 54.7 Å². The van der Waals surface area contributed by atoms with Crippen molar-refractivity contribution in [3.63, 3.8) is 0 Å². The number of nitrogens with zero attached hydrogens (tertiary/aromatic N) is 3. The predicted octanol–water partition coefficient (Wildman–Crippen LogP) is 5.71. The van der Waals surface area contributed by atoms with Crippen LogP contribution >= 0.6 is 0 Å². The lowest BCUT2D eigenvalue weighted by Gasteiger charge is -2.32. The third-order valence-corrected chi connectivity index (χ3v) is 7.36. The number of carbonyl (C=O) groups excluding carboxylic acids is 1. The molecule has 6 nitrogen and oxygen atoms in total. The van der Waals surface area contributed by atoms with Crippen molar-refractivity contribution in [3.8, 4) is 17.0 Å². The van der Waals surface area contributed by atoms with Crippen LogP contribution in [-0.4, -0.2) is 42.8 Å². The largest absolute Gasteiger partial charge is 0.496 e. The highest BCUT2D eigenvalue weighted by Crippen LogP contribution is 2.30. The molecule has 0 unspecified atom stereocenters. The topological polar surface area (TPSA) is 67.3 Å². The van der Waals surface area contributed by atoms with Crippen molar-refractivity contribution < 1.29 is 9.53 Å². The number of hydrogen-bond acceptors (Lipinski definition) is 5. The fourth-order valence-corrected chi connectivity index (χ4v) is 5.25. The molecule has 194 valence electrons. The Bertz CT molecular complexity index is 1260. The van der Waals surface area contributed by atoms with Crippen LogP contribution in [0.25, 0.3) is 11.3 Å². The van der Waals surface area contributed by atoms with Crippen LogP contribution in [-0.2, 0) is 4.79 Å². The van der Waals surface area contributed by atoms with Gasteiger partial charge < -0.3 is 15.0 Å². The minimum absolute atomic E-state index is 0.0268. The van der Waals surface area contributed by atoms with Crippen molar-refractivity contribution >= 4 is 11.7 Å². The number of hydrogen-bond donors (Lipinski definition) is 1. The van der Waals surface area contributed by atoms with E-state index in [0.717, 1.165) is 55.2 Å². The van der Waals surface area contributed by atoms with Gasteiger partial charge >= 0.3 is 0 Å². The Kier molecular flexibility index (Phi) is 8.29. The Morgan fingerprint density at radius 3 is 2.11 bits per heavy atom. The lowest BCUT2D eigenvalue weighted by Crippen LogP contribution is -2.41. The second-order valence-electron chi connectivity index (χ2n) is 9.69. The first-order valence-corrected chi connectivity index (χ1v) is 13.3. The zero-order valence-corrected chi connectivity index (χ0v) is 21.8. The molecular formula is C32H34N4O2. The summed E-state index contributed by atoms with van der Waals surface area (Å²) >= 11 is 0. The Morgan fingerprint density at radius 2 is 1.50 bits per heavy atom. The van der Waals surface area contributed by atoms with E-state index in [-0.39, 0.29) is 17.7 Å². The zero-order valence-electron chi connectivity index (χ0n) is 21.8. The molecule has 5 rings (SSSR count). The van der Waals surface area contributed by atoms with Crippen LogP contribution < -0.4 is 15.0 Å². The summed E-state index contributed by atoms with van der Waals surface area (Å²) in [5.74, 6) is 2.06. The second kappa shape index (κ2) is 12.4. The molecule has 38 heavy (non-hydrogen) atoms. The summed E-state index contributed by atoms with van der Waals surface area (Å²) in [4.78, 5) is 15.2. The minimum atomic E-state index is 0.0268. The number of methoxy groups -OCH3 is 1. The number of rotatable bonds is 9. The minimum Gasteiger partial charge on any atom is -0.496 e. The molecule has 0 radical (unpaired) electrons. The first kappa shape index (κ1) is 25.5. The first-order valence-electron chi connectivity index (χ1n) is 13.3. The zero-order chi connectivity index (χ0) is 26.2. The maximum atomic E-state index is 13.0. The van der Waals surface area contributed by atoms with E-state index in [1.807, 2.05) is 48.5 Å². The van der Waals surface area contributed by atoms with Gasteiger partial charge in [0.15, 0.2) is 5.82 Å². The molecule has 0 atom stereocenters. The van der Waals surface area contributed by atoms with Gasteiger partial charge in [-0.25, -0.2) is 0 Å². The number of nitrogens with one attached hydrogen (secondary N) is 1. The molecule has 1 aromatic heterocycles. The molecule has 4 aromatic rings. The molecule has 0 saturated carbocycles. The van der Waals surface area contributed by atoms with Crippen molar-refractivity contribution in [1.29, 1.82) is 0 Å². The number of amides is 1. The maximum absolute atomic E-state index is 13.0. The summed E-state index contributed by atoms with van der Waals surface area (Å²) in [6.07, 6.45) is 2.48. The lowest BCUT2D eigenvalue weighted by molar-refractivity contribution is -0.125. The summed E-state index contributed by atoms with van der Waals surface area (Å²) in [5, 5.41) is 12.1. The highest BCUT2D eigenvalue weighted by Gasteiger charge is 2.26. The Labute approximate surface area is 224 Å². The van der Waals surface area contributed by atoms with Crippen molar-refractivity contribution in [2.75, 3.05) is 31.6 Å². The molecular weight excluding hydrogens is 472 g/mol. The summed E-state index contributed by atoms with van der Waals surface area (Å²) in [6.45, 7) is 2.23. The van der Waals surface area contributed by atoms with E-state index in [0.29, 0.717) is 6.54 Å². The van der Waals surface area contributed by atoms with Gasteiger partial charge in [-0.1, -0.05) is 72.8 Å². The summed E-state index contributed by atoms with van der Waals surface area (Å²) in [5.41, 5.74) is 4.26. The number of piperidine rings is 1. The number of benzene rings is 3. The number of aromatic nitrogens is 2. The van der Waals surface area contributed by atoms with Crippen molar-refractivity contribution in [2.45, 2.75) is 25.2 Å². The van der Waals surface area contributed by atoms with Crippen molar-refractivity contribution in [2.24, 2.45) is 5.92 Å². The number of para-hydroxylation sites is 1. The number of carbonyl (C=O) groups is 1. The van der Waals surface area contributed by atoms with Gasteiger partial charge in [-0.3, -0.25) is 4.79 Å². The van der Waals surface area contributed by atoms with E-state index in [1.165, 1.54) is 11.1 Å². The Hall–Kier alpha value is -4.19.